The first-order valence-electron chi connectivity index (χ1n) is 8.16. The summed E-state index contributed by atoms with van der Waals surface area (Å²) in [6.45, 7) is 0. The Morgan fingerprint density at radius 3 is 2.84 bits per heavy atom. The Morgan fingerprint density at radius 1 is 1.28 bits per heavy atom. The molecule has 2 aromatic heterocycles. The molecule has 0 saturated heterocycles. The van der Waals surface area contributed by atoms with Crippen LogP contribution in [0.5, 0.6) is 5.75 Å². The van der Waals surface area contributed by atoms with E-state index in [1.807, 2.05) is 24.1 Å². The van der Waals surface area contributed by atoms with E-state index in [0.717, 1.165) is 24.0 Å². The summed E-state index contributed by atoms with van der Waals surface area (Å²) < 4.78 is 14.0. The first-order valence-corrected chi connectivity index (χ1v) is 8.98. The Kier molecular flexibility index (Phi) is 4.12. The number of nitrogens with zero attached hydrogens (tertiary/aromatic N) is 4. The van der Waals surface area contributed by atoms with Crippen LogP contribution >= 0.6 is 11.3 Å². The Labute approximate surface area is 148 Å². The van der Waals surface area contributed by atoms with Crippen molar-refractivity contribution < 1.29 is 9.50 Å². The number of H-pyrrole nitrogens is 1. The van der Waals surface area contributed by atoms with Crippen LogP contribution in [0.25, 0.3) is 21.7 Å². The SMILES string of the molecule is CN(c1nnc(-c2ccc(-c3cn[nH]c3)cc2O)s1)[C@@H]1CCC[C@@H]1F. The molecule has 25 heavy (non-hydrogen) atoms. The van der Waals surface area contributed by atoms with Crippen LogP contribution in [-0.4, -0.2) is 44.8 Å². The number of phenols is 1. The number of hydrogen-bond acceptors (Lipinski definition) is 6. The molecule has 130 valence electrons. The predicted octanol–water partition coefficient (Wildman–Crippen LogP) is 3.63. The Hall–Kier alpha value is -2.48. The highest BCUT2D eigenvalue weighted by atomic mass is 32.1. The lowest BCUT2D eigenvalue weighted by atomic mass is 10.1. The van der Waals surface area contributed by atoms with Crippen molar-refractivity contribution in [3.8, 4) is 27.4 Å². The number of halogens is 1. The average molecular weight is 359 g/mol. The molecule has 2 atom stereocenters. The number of rotatable bonds is 4. The third kappa shape index (κ3) is 2.97. The van der Waals surface area contributed by atoms with Crippen molar-refractivity contribution in [2.24, 2.45) is 0 Å². The summed E-state index contributed by atoms with van der Waals surface area (Å²) in [6, 6.07) is 5.26. The van der Waals surface area contributed by atoms with Crippen molar-refractivity contribution >= 4 is 16.5 Å². The highest BCUT2D eigenvalue weighted by Gasteiger charge is 2.32. The molecular weight excluding hydrogens is 341 g/mol. The summed E-state index contributed by atoms with van der Waals surface area (Å²) in [4.78, 5) is 1.87. The maximum Gasteiger partial charge on any atom is 0.208 e. The minimum Gasteiger partial charge on any atom is -0.507 e. The van der Waals surface area contributed by atoms with Gasteiger partial charge in [0.05, 0.1) is 17.8 Å². The number of benzene rings is 1. The van der Waals surface area contributed by atoms with Crippen molar-refractivity contribution in [2.75, 3.05) is 11.9 Å². The monoisotopic (exact) mass is 359 g/mol. The van der Waals surface area contributed by atoms with Gasteiger partial charge in [-0.15, -0.1) is 10.2 Å². The Morgan fingerprint density at radius 2 is 2.16 bits per heavy atom. The van der Waals surface area contributed by atoms with E-state index >= 15 is 0 Å². The van der Waals surface area contributed by atoms with Crippen LogP contribution in [0.15, 0.2) is 30.6 Å². The normalized spacial score (nSPS) is 20.1. The lowest BCUT2D eigenvalue weighted by Gasteiger charge is -2.24. The predicted molar refractivity (Wildman–Crippen MR) is 95.5 cm³/mol. The van der Waals surface area contributed by atoms with Gasteiger partial charge in [-0.1, -0.05) is 17.4 Å². The molecule has 0 amide bonds. The second-order valence-corrected chi connectivity index (χ2v) is 7.19. The quantitative estimate of drug-likeness (QED) is 0.744. The van der Waals surface area contributed by atoms with Gasteiger partial charge in [0.15, 0.2) is 5.01 Å². The van der Waals surface area contributed by atoms with Crippen molar-refractivity contribution in [3.63, 3.8) is 0 Å². The van der Waals surface area contributed by atoms with Crippen molar-refractivity contribution in [3.05, 3.63) is 30.6 Å². The third-order valence-electron chi connectivity index (χ3n) is 4.67. The van der Waals surface area contributed by atoms with E-state index in [2.05, 4.69) is 20.4 Å². The molecule has 0 bridgehead atoms. The summed E-state index contributed by atoms with van der Waals surface area (Å²) in [5, 5.41) is 26.7. The van der Waals surface area contributed by atoms with Gasteiger partial charge in [0.1, 0.15) is 11.9 Å². The number of hydrogen-bond donors (Lipinski definition) is 2. The van der Waals surface area contributed by atoms with Crippen LogP contribution in [-0.2, 0) is 0 Å². The molecule has 8 heteroatoms. The van der Waals surface area contributed by atoms with Crippen LogP contribution in [0.4, 0.5) is 9.52 Å². The van der Waals surface area contributed by atoms with E-state index < -0.39 is 6.17 Å². The second kappa shape index (κ2) is 6.44. The molecule has 2 heterocycles. The van der Waals surface area contributed by atoms with Crippen molar-refractivity contribution in [1.29, 1.82) is 0 Å². The van der Waals surface area contributed by atoms with Crippen molar-refractivity contribution in [1.82, 2.24) is 20.4 Å². The first-order chi connectivity index (χ1) is 12.1. The van der Waals surface area contributed by atoms with Crippen LogP contribution in [0.2, 0.25) is 0 Å². The van der Waals surface area contributed by atoms with Gasteiger partial charge in [0, 0.05) is 18.8 Å². The van der Waals surface area contributed by atoms with Crippen LogP contribution in [0, 0.1) is 0 Å². The van der Waals surface area contributed by atoms with E-state index in [0.29, 0.717) is 22.1 Å². The second-order valence-electron chi connectivity index (χ2n) is 6.23. The fourth-order valence-electron chi connectivity index (χ4n) is 3.24. The van der Waals surface area contributed by atoms with Crippen LogP contribution in [0.3, 0.4) is 0 Å². The summed E-state index contributed by atoms with van der Waals surface area (Å²) in [6.07, 6.45) is 4.98. The minimum absolute atomic E-state index is 0.133. The van der Waals surface area contributed by atoms with E-state index in [9.17, 15) is 9.50 Å². The Bertz CT molecular complexity index is 866. The van der Waals surface area contributed by atoms with Gasteiger partial charge in [0.2, 0.25) is 5.13 Å². The smallest absolute Gasteiger partial charge is 0.208 e. The fraction of sp³-hybridized carbons (Fsp3) is 0.353. The standard InChI is InChI=1S/C17H18FN5OS/c1-23(14-4-2-3-13(14)18)17-22-21-16(25-17)12-6-5-10(7-15(12)24)11-8-19-20-9-11/h5-9,13-14,24H,2-4H2,1H3,(H,19,20)/t13-,14+/m0/s1. The van der Waals surface area contributed by atoms with E-state index in [1.54, 1.807) is 18.5 Å². The highest BCUT2D eigenvalue weighted by Crippen LogP contribution is 2.38. The number of anilines is 1. The largest absolute Gasteiger partial charge is 0.507 e. The Balaban J connectivity index is 1.59. The number of nitrogens with one attached hydrogen (secondary N) is 1. The highest BCUT2D eigenvalue weighted by molar-refractivity contribution is 7.18. The maximum atomic E-state index is 14.0. The van der Waals surface area contributed by atoms with Gasteiger partial charge in [-0.3, -0.25) is 5.10 Å². The molecular formula is C17H18FN5OS. The number of aromatic amines is 1. The summed E-state index contributed by atoms with van der Waals surface area (Å²) in [7, 11) is 1.86. The molecule has 1 aliphatic carbocycles. The number of alkyl halides is 1. The molecule has 3 aromatic rings. The molecule has 4 rings (SSSR count). The zero-order chi connectivity index (χ0) is 17.4. The molecule has 1 fully saturated rings. The molecule has 0 radical (unpaired) electrons. The first kappa shape index (κ1) is 16.0. The van der Waals surface area contributed by atoms with E-state index in [-0.39, 0.29) is 11.8 Å². The molecule has 2 N–H and O–H groups in total. The lowest BCUT2D eigenvalue weighted by molar-refractivity contribution is 0.307. The lowest BCUT2D eigenvalue weighted by Crippen LogP contribution is -2.35. The summed E-state index contributed by atoms with van der Waals surface area (Å²) in [5.74, 6) is 0.133. The summed E-state index contributed by atoms with van der Waals surface area (Å²) in [5.41, 5.74) is 2.38. The number of aromatic hydroxyl groups is 1. The molecule has 0 unspecified atom stereocenters. The molecule has 1 aromatic carbocycles. The van der Waals surface area contributed by atoms with Gasteiger partial charge in [-0.05, 0) is 37.0 Å². The zero-order valence-corrected chi connectivity index (χ0v) is 14.5. The van der Waals surface area contributed by atoms with Gasteiger partial charge in [-0.25, -0.2) is 4.39 Å². The zero-order valence-electron chi connectivity index (χ0n) is 13.7. The average Bonchev–Trinajstić information content (AvgIpc) is 3.35. The number of aromatic nitrogens is 4. The van der Waals surface area contributed by atoms with E-state index in [4.69, 9.17) is 0 Å². The van der Waals surface area contributed by atoms with Gasteiger partial charge in [0.25, 0.3) is 0 Å². The third-order valence-corrected chi connectivity index (χ3v) is 5.72. The molecule has 1 saturated carbocycles. The topological polar surface area (TPSA) is 77.9 Å². The van der Waals surface area contributed by atoms with E-state index in [1.165, 1.54) is 11.3 Å². The maximum absolute atomic E-state index is 14.0. The van der Waals surface area contributed by atoms with Crippen molar-refractivity contribution in [2.45, 2.75) is 31.5 Å². The molecule has 1 aliphatic rings. The van der Waals surface area contributed by atoms with Crippen LogP contribution < -0.4 is 4.90 Å². The number of phenolic OH excluding ortho intramolecular Hbond substituents is 1. The molecule has 0 spiro atoms. The van der Waals surface area contributed by atoms with Gasteiger partial charge >= 0.3 is 0 Å². The fourth-order valence-corrected chi connectivity index (χ4v) is 4.14. The minimum atomic E-state index is -0.819. The van der Waals surface area contributed by atoms with Gasteiger partial charge in [-0.2, -0.15) is 5.10 Å². The summed E-state index contributed by atoms with van der Waals surface area (Å²) >= 11 is 1.36. The van der Waals surface area contributed by atoms with Crippen LogP contribution in [0.1, 0.15) is 19.3 Å². The van der Waals surface area contributed by atoms with Gasteiger partial charge < -0.3 is 10.0 Å². The molecule has 6 nitrogen and oxygen atoms in total. The molecule has 0 aliphatic heterocycles.